The summed E-state index contributed by atoms with van der Waals surface area (Å²) >= 11 is 0. The van der Waals surface area contributed by atoms with Gasteiger partial charge in [0.1, 0.15) is 6.33 Å². The lowest BCUT2D eigenvalue weighted by Crippen LogP contribution is -2.42. The van der Waals surface area contributed by atoms with E-state index in [1.807, 2.05) is 75.2 Å². The third kappa shape index (κ3) is 3.49. The van der Waals surface area contributed by atoms with Crippen LogP contribution in [0.5, 0.6) is 0 Å². The molecule has 0 bridgehead atoms. The fraction of sp³-hybridized carbons (Fsp3) is 0.300. The summed E-state index contributed by atoms with van der Waals surface area (Å²) in [4.78, 5) is 19.0. The van der Waals surface area contributed by atoms with Gasteiger partial charge in [-0.05, 0) is 45.9 Å². The van der Waals surface area contributed by atoms with E-state index in [-0.39, 0.29) is 18.0 Å². The Morgan fingerprint density at radius 1 is 1.00 bits per heavy atom. The van der Waals surface area contributed by atoms with Crippen molar-refractivity contribution >= 4 is 5.91 Å². The predicted octanol–water partition coefficient (Wildman–Crippen LogP) is 3.59. The molecular weight excluding hydrogens is 326 g/mol. The average molecular weight is 349 g/mol. The maximum absolute atomic E-state index is 13.1. The van der Waals surface area contributed by atoms with Crippen LogP contribution in [0, 0.1) is 0 Å². The molecule has 0 aliphatic rings. The van der Waals surface area contributed by atoms with Crippen LogP contribution in [-0.2, 0) is 0 Å². The van der Waals surface area contributed by atoms with Crippen LogP contribution in [0.4, 0.5) is 0 Å². The predicted molar refractivity (Wildman–Crippen MR) is 101 cm³/mol. The standard InChI is InChI=1S/C20H23N5O/c1-14(2)25(15(3)4)20(26)17-8-6-5-7-16(17)18-9-10-19(23-22-18)24-12-11-21-13-24/h5-15H,1-4H3. The zero-order chi connectivity index (χ0) is 18.7. The molecular formula is C20H23N5O. The zero-order valence-electron chi connectivity index (χ0n) is 15.5. The van der Waals surface area contributed by atoms with Crippen molar-refractivity contribution in [2.24, 2.45) is 0 Å². The van der Waals surface area contributed by atoms with Crippen LogP contribution in [-0.4, -0.2) is 42.6 Å². The van der Waals surface area contributed by atoms with E-state index in [1.54, 1.807) is 17.1 Å². The van der Waals surface area contributed by atoms with Crippen molar-refractivity contribution in [3.05, 3.63) is 60.7 Å². The Balaban J connectivity index is 1.98. The van der Waals surface area contributed by atoms with Crippen LogP contribution in [0.1, 0.15) is 38.1 Å². The van der Waals surface area contributed by atoms with Crippen molar-refractivity contribution in [1.82, 2.24) is 24.6 Å². The van der Waals surface area contributed by atoms with Gasteiger partial charge in [0.25, 0.3) is 5.91 Å². The monoisotopic (exact) mass is 349 g/mol. The third-order valence-electron chi connectivity index (χ3n) is 4.20. The minimum Gasteiger partial charge on any atom is -0.334 e. The molecule has 0 saturated carbocycles. The number of hydrogen-bond donors (Lipinski definition) is 0. The fourth-order valence-corrected chi connectivity index (χ4v) is 3.10. The van der Waals surface area contributed by atoms with Crippen LogP contribution < -0.4 is 0 Å². The van der Waals surface area contributed by atoms with Crippen LogP contribution in [0.15, 0.2) is 55.1 Å². The summed E-state index contributed by atoms with van der Waals surface area (Å²) in [5.41, 5.74) is 2.10. The van der Waals surface area contributed by atoms with Crippen LogP contribution >= 0.6 is 0 Å². The molecule has 3 rings (SSSR count). The Labute approximate surface area is 153 Å². The Kier molecular flexibility index (Phi) is 5.11. The lowest BCUT2D eigenvalue weighted by atomic mass is 10.0. The Bertz CT molecular complexity index is 861. The lowest BCUT2D eigenvalue weighted by Gasteiger charge is -2.31. The van der Waals surface area contributed by atoms with Crippen molar-refractivity contribution in [2.75, 3.05) is 0 Å². The van der Waals surface area contributed by atoms with Gasteiger partial charge in [-0.25, -0.2) is 4.98 Å². The van der Waals surface area contributed by atoms with E-state index in [2.05, 4.69) is 15.2 Å². The fourth-order valence-electron chi connectivity index (χ4n) is 3.10. The first-order valence-electron chi connectivity index (χ1n) is 8.73. The zero-order valence-corrected chi connectivity index (χ0v) is 15.5. The van der Waals surface area contributed by atoms with Crippen molar-refractivity contribution < 1.29 is 4.79 Å². The van der Waals surface area contributed by atoms with E-state index in [4.69, 9.17) is 0 Å². The highest BCUT2D eigenvalue weighted by atomic mass is 16.2. The van der Waals surface area contributed by atoms with Gasteiger partial charge in [-0.2, -0.15) is 0 Å². The molecule has 0 aliphatic heterocycles. The number of rotatable bonds is 5. The highest BCUT2D eigenvalue weighted by molar-refractivity contribution is 6.00. The van der Waals surface area contributed by atoms with Crippen LogP contribution in [0.25, 0.3) is 17.1 Å². The molecule has 2 heterocycles. The molecule has 0 atom stereocenters. The summed E-state index contributed by atoms with van der Waals surface area (Å²) in [5, 5.41) is 8.59. The van der Waals surface area contributed by atoms with E-state index >= 15 is 0 Å². The maximum Gasteiger partial charge on any atom is 0.255 e. The molecule has 0 unspecified atom stereocenters. The molecule has 134 valence electrons. The summed E-state index contributed by atoms with van der Waals surface area (Å²) in [6, 6.07) is 11.5. The number of imidazole rings is 1. The molecule has 0 aliphatic carbocycles. The summed E-state index contributed by atoms with van der Waals surface area (Å²) in [6.45, 7) is 8.11. The molecule has 6 heteroatoms. The molecule has 26 heavy (non-hydrogen) atoms. The topological polar surface area (TPSA) is 63.9 Å². The molecule has 0 spiro atoms. The van der Waals surface area contributed by atoms with E-state index < -0.39 is 0 Å². The molecule has 3 aromatic rings. The van der Waals surface area contributed by atoms with Gasteiger partial charge in [0.2, 0.25) is 0 Å². The van der Waals surface area contributed by atoms with Crippen LogP contribution in [0.3, 0.4) is 0 Å². The Morgan fingerprint density at radius 2 is 1.73 bits per heavy atom. The van der Waals surface area contributed by atoms with Crippen molar-refractivity contribution in [2.45, 2.75) is 39.8 Å². The molecule has 0 radical (unpaired) electrons. The van der Waals surface area contributed by atoms with E-state index in [0.29, 0.717) is 17.1 Å². The van der Waals surface area contributed by atoms with E-state index in [9.17, 15) is 4.79 Å². The largest absolute Gasteiger partial charge is 0.334 e. The summed E-state index contributed by atoms with van der Waals surface area (Å²) in [6.07, 6.45) is 5.17. The van der Waals surface area contributed by atoms with Crippen molar-refractivity contribution in [1.29, 1.82) is 0 Å². The summed E-state index contributed by atoms with van der Waals surface area (Å²) in [7, 11) is 0. The lowest BCUT2D eigenvalue weighted by molar-refractivity contribution is 0.0644. The van der Waals surface area contributed by atoms with Gasteiger partial charge >= 0.3 is 0 Å². The number of carbonyl (C=O) groups is 1. The van der Waals surface area contributed by atoms with Crippen LogP contribution in [0.2, 0.25) is 0 Å². The molecule has 1 amide bonds. The first kappa shape index (κ1) is 17.8. The van der Waals surface area contributed by atoms with Gasteiger partial charge in [0, 0.05) is 35.6 Å². The maximum atomic E-state index is 13.1. The minimum absolute atomic E-state index is 0.00564. The smallest absolute Gasteiger partial charge is 0.255 e. The Morgan fingerprint density at radius 3 is 2.31 bits per heavy atom. The summed E-state index contributed by atoms with van der Waals surface area (Å²) < 4.78 is 1.78. The molecule has 0 N–H and O–H groups in total. The minimum atomic E-state index is 0.00564. The molecule has 1 aromatic carbocycles. The normalized spacial score (nSPS) is 11.2. The highest BCUT2D eigenvalue weighted by Crippen LogP contribution is 2.24. The quantitative estimate of drug-likeness (QED) is 0.706. The first-order valence-corrected chi connectivity index (χ1v) is 8.73. The molecule has 0 saturated heterocycles. The number of carbonyl (C=O) groups excluding carboxylic acids is 1. The number of amides is 1. The van der Waals surface area contributed by atoms with E-state index in [0.717, 1.165) is 5.56 Å². The average Bonchev–Trinajstić information content (AvgIpc) is 3.16. The molecule has 0 fully saturated rings. The number of aromatic nitrogens is 4. The molecule has 2 aromatic heterocycles. The second kappa shape index (κ2) is 7.47. The SMILES string of the molecule is CC(C)N(C(=O)c1ccccc1-c1ccc(-n2ccnc2)nn1)C(C)C. The second-order valence-corrected chi connectivity index (χ2v) is 6.69. The van der Waals surface area contributed by atoms with Crippen molar-refractivity contribution in [3.8, 4) is 17.1 Å². The van der Waals surface area contributed by atoms with Gasteiger partial charge < -0.3 is 4.90 Å². The van der Waals surface area contributed by atoms with Gasteiger partial charge in [0.05, 0.1) is 5.69 Å². The summed E-state index contributed by atoms with van der Waals surface area (Å²) in [5.74, 6) is 0.687. The van der Waals surface area contributed by atoms with Gasteiger partial charge in [-0.3, -0.25) is 9.36 Å². The van der Waals surface area contributed by atoms with Gasteiger partial charge in [-0.15, -0.1) is 10.2 Å². The molecule has 6 nitrogen and oxygen atoms in total. The number of benzene rings is 1. The third-order valence-corrected chi connectivity index (χ3v) is 4.20. The van der Waals surface area contributed by atoms with Gasteiger partial charge in [0.15, 0.2) is 5.82 Å². The first-order chi connectivity index (χ1) is 12.5. The highest BCUT2D eigenvalue weighted by Gasteiger charge is 2.24. The number of nitrogens with zero attached hydrogens (tertiary/aromatic N) is 5. The van der Waals surface area contributed by atoms with Gasteiger partial charge in [-0.1, -0.05) is 18.2 Å². The van der Waals surface area contributed by atoms with E-state index in [1.165, 1.54) is 0 Å². The second-order valence-electron chi connectivity index (χ2n) is 6.69. The Hall–Kier alpha value is -3.02. The number of hydrogen-bond acceptors (Lipinski definition) is 4. The van der Waals surface area contributed by atoms with Crippen molar-refractivity contribution in [3.63, 3.8) is 0 Å².